The highest BCUT2D eigenvalue weighted by Crippen LogP contribution is 2.24. The maximum absolute atomic E-state index is 5.59. The lowest BCUT2D eigenvalue weighted by atomic mass is 10.2. The van der Waals surface area contributed by atoms with Crippen LogP contribution in [0.4, 0.5) is 5.69 Å². The number of anilines is 1. The molecule has 1 aromatic rings. The average Bonchev–Trinajstić information content (AvgIpc) is 2.19. The molecule has 0 aliphatic heterocycles. The number of nitrogens with two attached hydrogens (primary N) is 1. The van der Waals surface area contributed by atoms with Gasteiger partial charge in [0.2, 0.25) is 0 Å². The minimum absolute atomic E-state index is 0.424. The fraction of sp³-hybridized carbons (Fsp3) is 0.364. The van der Waals surface area contributed by atoms with Gasteiger partial charge >= 0.3 is 0 Å². The molecule has 0 aliphatic carbocycles. The summed E-state index contributed by atoms with van der Waals surface area (Å²) in [5, 5.41) is 0. The van der Waals surface area contributed by atoms with Gasteiger partial charge in [-0.1, -0.05) is 12.2 Å². The molecule has 15 heavy (non-hydrogen) atoms. The third kappa shape index (κ3) is 2.92. The molecule has 1 aromatic carbocycles. The first-order valence-corrected chi connectivity index (χ1v) is 6.14. The quantitative estimate of drug-likeness (QED) is 0.863. The highest BCUT2D eigenvalue weighted by molar-refractivity contribution is 9.10. The molecule has 82 valence electrons. The molecule has 0 amide bonds. The summed E-state index contributed by atoms with van der Waals surface area (Å²) in [6, 6.07) is 6.06. The number of halogens is 1. The summed E-state index contributed by atoms with van der Waals surface area (Å²) in [5.74, 6) is 0. The van der Waals surface area contributed by atoms with Gasteiger partial charge in [0.25, 0.3) is 0 Å². The fourth-order valence-electron chi connectivity index (χ4n) is 1.49. The minimum atomic E-state index is 0.424. The van der Waals surface area contributed by atoms with Crippen molar-refractivity contribution in [2.75, 3.05) is 18.0 Å². The summed E-state index contributed by atoms with van der Waals surface area (Å²) in [4.78, 5) is 2.70. The normalized spacial score (nSPS) is 10.1. The van der Waals surface area contributed by atoms with Crippen molar-refractivity contribution >= 4 is 38.8 Å². The van der Waals surface area contributed by atoms with Crippen LogP contribution >= 0.6 is 28.1 Å². The van der Waals surface area contributed by atoms with Crippen LogP contribution in [0.15, 0.2) is 22.7 Å². The van der Waals surface area contributed by atoms with Crippen molar-refractivity contribution in [2.45, 2.75) is 13.8 Å². The smallest absolute Gasteiger partial charge is 0.105 e. The van der Waals surface area contributed by atoms with Crippen molar-refractivity contribution in [3.8, 4) is 0 Å². The lowest BCUT2D eigenvalue weighted by Gasteiger charge is -2.21. The standard InChI is InChI=1S/C11H15BrN2S/c1-3-14(4-2)8-5-6-9(11(13)15)10(12)7-8/h5-7H,3-4H2,1-2H3,(H2,13,15). The van der Waals surface area contributed by atoms with Crippen LogP contribution in [-0.4, -0.2) is 18.1 Å². The van der Waals surface area contributed by atoms with Crippen LogP contribution in [0.25, 0.3) is 0 Å². The third-order valence-electron chi connectivity index (χ3n) is 2.35. The van der Waals surface area contributed by atoms with E-state index in [1.54, 1.807) is 0 Å². The van der Waals surface area contributed by atoms with E-state index in [9.17, 15) is 0 Å². The van der Waals surface area contributed by atoms with Crippen LogP contribution in [0.2, 0.25) is 0 Å². The van der Waals surface area contributed by atoms with E-state index < -0.39 is 0 Å². The summed E-state index contributed by atoms with van der Waals surface area (Å²) in [7, 11) is 0. The van der Waals surface area contributed by atoms with E-state index in [0.717, 1.165) is 23.1 Å². The van der Waals surface area contributed by atoms with Crippen LogP contribution in [0.3, 0.4) is 0 Å². The first-order valence-electron chi connectivity index (χ1n) is 4.94. The van der Waals surface area contributed by atoms with Gasteiger partial charge in [-0.25, -0.2) is 0 Å². The summed E-state index contributed by atoms with van der Waals surface area (Å²) >= 11 is 8.43. The number of thiocarbonyl (C=S) groups is 1. The lowest BCUT2D eigenvalue weighted by molar-refractivity contribution is 0.866. The number of benzene rings is 1. The van der Waals surface area contributed by atoms with Crippen LogP contribution in [0.1, 0.15) is 19.4 Å². The molecule has 4 heteroatoms. The molecule has 0 heterocycles. The largest absolute Gasteiger partial charge is 0.389 e. The van der Waals surface area contributed by atoms with Crippen LogP contribution in [0, 0.1) is 0 Å². The van der Waals surface area contributed by atoms with Gasteiger partial charge in [-0.05, 0) is 48.0 Å². The number of rotatable bonds is 4. The third-order valence-corrected chi connectivity index (χ3v) is 3.22. The van der Waals surface area contributed by atoms with E-state index in [1.165, 1.54) is 5.69 Å². The molecule has 0 saturated carbocycles. The first-order chi connectivity index (χ1) is 7.10. The molecule has 0 atom stereocenters. The highest BCUT2D eigenvalue weighted by Gasteiger charge is 2.06. The monoisotopic (exact) mass is 286 g/mol. The highest BCUT2D eigenvalue weighted by atomic mass is 79.9. The van der Waals surface area contributed by atoms with E-state index >= 15 is 0 Å². The molecule has 0 spiro atoms. The van der Waals surface area contributed by atoms with Crippen molar-refractivity contribution in [3.05, 3.63) is 28.2 Å². The Balaban J connectivity index is 3.05. The molecule has 0 aromatic heterocycles. The van der Waals surface area contributed by atoms with Gasteiger partial charge in [0.15, 0.2) is 0 Å². The Hall–Kier alpha value is -0.610. The lowest BCUT2D eigenvalue weighted by Crippen LogP contribution is -2.22. The predicted octanol–water partition coefficient (Wildman–Crippen LogP) is 2.93. The second-order valence-electron chi connectivity index (χ2n) is 3.20. The van der Waals surface area contributed by atoms with Gasteiger partial charge in [-0.15, -0.1) is 0 Å². The first kappa shape index (κ1) is 12.5. The Morgan fingerprint density at radius 2 is 2.00 bits per heavy atom. The van der Waals surface area contributed by atoms with Gasteiger partial charge in [-0.3, -0.25) is 0 Å². The fourth-order valence-corrected chi connectivity index (χ4v) is 2.38. The Kier molecular flexibility index (Phi) is 4.54. The molecule has 2 N–H and O–H groups in total. The number of nitrogens with zero attached hydrogens (tertiary/aromatic N) is 1. The molecule has 0 fully saturated rings. The Morgan fingerprint density at radius 3 is 2.40 bits per heavy atom. The van der Waals surface area contributed by atoms with Crippen LogP contribution < -0.4 is 10.6 Å². The Morgan fingerprint density at radius 1 is 1.40 bits per heavy atom. The van der Waals surface area contributed by atoms with Gasteiger partial charge in [0.05, 0.1) is 0 Å². The Bertz CT molecular complexity index is 362. The van der Waals surface area contributed by atoms with Crippen molar-refractivity contribution in [1.82, 2.24) is 0 Å². The summed E-state index contributed by atoms with van der Waals surface area (Å²) < 4.78 is 0.958. The van der Waals surface area contributed by atoms with Crippen molar-refractivity contribution in [3.63, 3.8) is 0 Å². The molecular weight excluding hydrogens is 272 g/mol. The molecular formula is C11H15BrN2S. The Labute approximate surface area is 105 Å². The topological polar surface area (TPSA) is 29.3 Å². The minimum Gasteiger partial charge on any atom is -0.389 e. The van der Waals surface area contributed by atoms with Gasteiger partial charge in [0, 0.05) is 28.8 Å². The zero-order chi connectivity index (χ0) is 11.4. The predicted molar refractivity (Wildman–Crippen MR) is 73.6 cm³/mol. The van der Waals surface area contributed by atoms with E-state index in [1.807, 2.05) is 12.1 Å². The molecule has 0 unspecified atom stereocenters. The second kappa shape index (κ2) is 5.47. The van der Waals surface area contributed by atoms with Crippen molar-refractivity contribution < 1.29 is 0 Å². The van der Waals surface area contributed by atoms with Crippen LogP contribution in [-0.2, 0) is 0 Å². The van der Waals surface area contributed by atoms with Gasteiger partial charge < -0.3 is 10.6 Å². The van der Waals surface area contributed by atoms with Gasteiger partial charge in [-0.2, -0.15) is 0 Å². The van der Waals surface area contributed by atoms with E-state index in [0.29, 0.717) is 4.99 Å². The molecule has 0 radical (unpaired) electrons. The maximum Gasteiger partial charge on any atom is 0.105 e. The molecule has 0 saturated heterocycles. The summed E-state index contributed by atoms with van der Waals surface area (Å²) in [6.45, 7) is 6.27. The number of hydrogen-bond acceptors (Lipinski definition) is 2. The molecule has 0 aliphatic rings. The van der Waals surface area contributed by atoms with E-state index in [2.05, 4.69) is 40.7 Å². The average molecular weight is 287 g/mol. The second-order valence-corrected chi connectivity index (χ2v) is 4.49. The van der Waals surface area contributed by atoms with Gasteiger partial charge in [0.1, 0.15) is 4.99 Å². The number of hydrogen-bond donors (Lipinski definition) is 1. The zero-order valence-electron chi connectivity index (χ0n) is 8.96. The van der Waals surface area contributed by atoms with Crippen LogP contribution in [0.5, 0.6) is 0 Å². The van der Waals surface area contributed by atoms with E-state index in [-0.39, 0.29) is 0 Å². The van der Waals surface area contributed by atoms with Crippen molar-refractivity contribution in [2.24, 2.45) is 5.73 Å². The maximum atomic E-state index is 5.59. The van der Waals surface area contributed by atoms with Crippen molar-refractivity contribution in [1.29, 1.82) is 0 Å². The van der Waals surface area contributed by atoms with E-state index in [4.69, 9.17) is 18.0 Å². The molecule has 2 nitrogen and oxygen atoms in total. The molecule has 0 bridgehead atoms. The summed E-state index contributed by atoms with van der Waals surface area (Å²) in [5.41, 5.74) is 7.67. The molecule has 1 rings (SSSR count). The SMILES string of the molecule is CCN(CC)c1ccc(C(N)=S)c(Br)c1. The zero-order valence-corrected chi connectivity index (χ0v) is 11.4. The summed E-state index contributed by atoms with van der Waals surface area (Å²) in [6.07, 6.45) is 0.